The summed E-state index contributed by atoms with van der Waals surface area (Å²) in [6, 6.07) is 8.77. The zero-order valence-electron chi connectivity index (χ0n) is 14.9. The maximum atomic E-state index is 12.3. The molecule has 5 nitrogen and oxygen atoms in total. The van der Waals surface area contributed by atoms with Gasteiger partial charge in [0.15, 0.2) is 4.96 Å². The molecule has 1 N–H and O–H groups in total. The summed E-state index contributed by atoms with van der Waals surface area (Å²) in [4.78, 5) is 19.8. The van der Waals surface area contributed by atoms with Gasteiger partial charge in [-0.3, -0.25) is 9.20 Å². The van der Waals surface area contributed by atoms with E-state index in [0.717, 1.165) is 17.1 Å². The second-order valence-electron chi connectivity index (χ2n) is 6.38. The fraction of sp³-hybridized carbons (Fsp3) is 0.368. The van der Waals surface area contributed by atoms with Crippen LogP contribution in [0.25, 0.3) is 4.96 Å². The van der Waals surface area contributed by atoms with Crippen molar-refractivity contribution in [1.82, 2.24) is 19.6 Å². The number of nitrogens with one attached hydrogen (secondary N) is 1. The Morgan fingerprint density at radius 2 is 2.08 bits per heavy atom. The molecular formula is C19H24N4OS. The van der Waals surface area contributed by atoms with Gasteiger partial charge in [-0.1, -0.05) is 31.2 Å². The zero-order valence-corrected chi connectivity index (χ0v) is 15.7. The third kappa shape index (κ3) is 4.27. The number of hydrogen-bond donors (Lipinski definition) is 1. The van der Waals surface area contributed by atoms with Crippen molar-refractivity contribution in [1.29, 1.82) is 0 Å². The van der Waals surface area contributed by atoms with Crippen LogP contribution in [0.15, 0.2) is 42.0 Å². The molecule has 2 heterocycles. The van der Waals surface area contributed by atoms with Crippen molar-refractivity contribution < 1.29 is 4.79 Å². The molecule has 1 aromatic carbocycles. The van der Waals surface area contributed by atoms with Gasteiger partial charge in [-0.25, -0.2) is 4.98 Å². The summed E-state index contributed by atoms with van der Waals surface area (Å²) in [5, 5.41) is 5.03. The second kappa shape index (κ2) is 7.80. The Morgan fingerprint density at radius 1 is 1.32 bits per heavy atom. The lowest BCUT2D eigenvalue weighted by atomic mass is 10.0. The number of fused-ring (bicyclic) bond motifs is 1. The number of amides is 1. The molecule has 25 heavy (non-hydrogen) atoms. The molecule has 0 bridgehead atoms. The van der Waals surface area contributed by atoms with E-state index in [1.165, 1.54) is 11.1 Å². The van der Waals surface area contributed by atoms with Gasteiger partial charge in [0, 0.05) is 24.3 Å². The summed E-state index contributed by atoms with van der Waals surface area (Å²) in [6.45, 7) is 2.73. The van der Waals surface area contributed by atoms with Crippen molar-refractivity contribution in [3.8, 4) is 0 Å². The Hall–Kier alpha value is -2.18. The molecule has 0 fully saturated rings. The van der Waals surface area contributed by atoms with Crippen molar-refractivity contribution in [2.45, 2.75) is 25.8 Å². The number of likely N-dealkylation sites (N-methyl/N-ethyl adjacent to an activating group) is 1. The van der Waals surface area contributed by atoms with Crippen molar-refractivity contribution in [3.63, 3.8) is 0 Å². The first-order valence-corrected chi connectivity index (χ1v) is 9.38. The van der Waals surface area contributed by atoms with Crippen LogP contribution >= 0.6 is 11.3 Å². The van der Waals surface area contributed by atoms with Gasteiger partial charge in [0.1, 0.15) is 0 Å². The molecule has 0 saturated carbocycles. The molecule has 3 aromatic rings. The quantitative estimate of drug-likeness (QED) is 0.708. The summed E-state index contributed by atoms with van der Waals surface area (Å²) in [7, 11) is 4.07. The Morgan fingerprint density at radius 3 is 2.72 bits per heavy atom. The summed E-state index contributed by atoms with van der Waals surface area (Å²) in [5.74, 6) is 0.00258. The van der Waals surface area contributed by atoms with Crippen molar-refractivity contribution >= 4 is 22.2 Å². The van der Waals surface area contributed by atoms with Gasteiger partial charge in [-0.05, 0) is 31.6 Å². The van der Waals surface area contributed by atoms with E-state index in [9.17, 15) is 4.79 Å². The Balaban J connectivity index is 1.60. The number of nitrogens with zero attached hydrogens (tertiary/aromatic N) is 3. The van der Waals surface area contributed by atoms with E-state index >= 15 is 0 Å². The van der Waals surface area contributed by atoms with Crippen LogP contribution in [0.4, 0.5) is 0 Å². The van der Waals surface area contributed by atoms with Crippen LogP contribution in [0.1, 0.15) is 29.8 Å². The molecule has 3 rings (SSSR count). The van der Waals surface area contributed by atoms with Crippen molar-refractivity contribution in [3.05, 3.63) is 58.9 Å². The first kappa shape index (κ1) is 17.6. The number of hydrogen-bond acceptors (Lipinski definition) is 4. The summed E-state index contributed by atoms with van der Waals surface area (Å²) in [6.07, 6.45) is 5.21. The Kier molecular flexibility index (Phi) is 5.50. The minimum absolute atomic E-state index is 0.00258. The highest BCUT2D eigenvalue weighted by molar-refractivity contribution is 7.15. The molecule has 1 atom stereocenters. The van der Waals surface area contributed by atoms with Crippen LogP contribution in [0.5, 0.6) is 0 Å². The van der Waals surface area contributed by atoms with Crippen molar-refractivity contribution in [2.75, 3.05) is 20.6 Å². The van der Waals surface area contributed by atoms with Gasteiger partial charge in [-0.2, -0.15) is 0 Å². The molecule has 0 saturated heterocycles. The van der Waals surface area contributed by atoms with E-state index < -0.39 is 0 Å². The van der Waals surface area contributed by atoms with E-state index in [1.807, 2.05) is 36.3 Å². The van der Waals surface area contributed by atoms with Gasteiger partial charge < -0.3 is 10.2 Å². The second-order valence-corrected chi connectivity index (χ2v) is 7.25. The fourth-order valence-corrected chi connectivity index (χ4v) is 3.59. The van der Waals surface area contributed by atoms with Gasteiger partial charge >= 0.3 is 0 Å². The molecular weight excluding hydrogens is 332 g/mol. The van der Waals surface area contributed by atoms with Gasteiger partial charge in [0.05, 0.1) is 18.2 Å². The number of imidazole rings is 1. The molecule has 0 aliphatic heterocycles. The zero-order chi connectivity index (χ0) is 17.8. The Labute approximate surface area is 152 Å². The third-order valence-electron chi connectivity index (χ3n) is 4.37. The van der Waals surface area contributed by atoms with Crippen molar-refractivity contribution in [2.24, 2.45) is 0 Å². The van der Waals surface area contributed by atoms with Crippen LogP contribution in [-0.4, -0.2) is 40.8 Å². The van der Waals surface area contributed by atoms with E-state index in [0.29, 0.717) is 13.0 Å². The van der Waals surface area contributed by atoms with E-state index in [2.05, 4.69) is 46.4 Å². The SMILES string of the molecule is CCc1ccc(C(CNC(=O)Cc2cn3ccsc3n2)N(C)C)cc1. The molecule has 0 radical (unpaired) electrons. The normalized spacial score (nSPS) is 12.6. The number of aryl methyl sites for hydroxylation is 1. The average Bonchev–Trinajstić information content (AvgIpc) is 3.16. The highest BCUT2D eigenvalue weighted by Crippen LogP contribution is 2.18. The third-order valence-corrected chi connectivity index (χ3v) is 5.14. The minimum atomic E-state index is 0.00258. The smallest absolute Gasteiger partial charge is 0.226 e. The molecule has 0 aliphatic carbocycles. The van der Waals surface area contributed by atoms with Gasteiger partial charge in [-0.15, -0.1) is 11.3 Å². The van der Waals surface area contributed by atoms with E-state index in [-0.39, 0.29) is 11.9 Å². The van der Waals surface area contributed by atoms with Crippen LogP contribution < -0.4 is 5.32 Å². The number of carbonyl (C=O) groups excluding carboxylic acids is 1. The first-order chi connectivity index (χ1) is 12.1. The highest BCUT2D eigenvalue weighted by Gasteiger charge is 2.16. The highest BCUT2D eigenvalue weighted by atomic mass is 32.1. The molecule has 1 unspecified atom stereocenters. The Bertz CT molecular complexity index is 806. The number of thiazole rings is 1. The maximum Gasteiger partial charge on any atom is 0.226 e. The number of carbonyl (C=O) groups is 1. The molecule has 0 spiro atoms. The molecule has 132 valence electrons. The number of rotatable bonds is 7. The predicted molar refractivity (Wildman–Crippen MR) is 102 cm³/mol. The van der Waals surface area contributed by atoms with E-state index in [4.69, 9.17) is 0 Å². The summed E-state index contributed by atoms with van der Waals surface area (Å²) >= 11 is 1.57. The lowest BCUT2D eigenvalue weighted by Crippen LogP contribution is -2.35. The molecule has 2 aromatic heterocycles. The van der Waals surface area contributed by atoms with E-state index in [1.54, 1.807) is 11.3 Å². The minimum Gasteiger partial charge on any atom is -0.354 e. The number of aromatic nitrogens is 2. The van der Waals surface area contributed by atoms with Crippen LogP contribution in [0.3, 0.4) is 0 Å². The number of benzene rings is 1. The van der Waals surface area contributed by atoms with Gasteiger partial charge in [0.25, 0.3) is 0 Å². The summed E-state index contributed by atoms with van der Waals surface area (Å²) in [5.41, 5.74) is 3.34. The predicted octanol–water partition coefficient (Wildman–Crippen LogP) is 2.92. The standard InChI is InChI=1S/C19H24N4OS/c1-4-14-5-7-15(8-6-14)17(22(2)3)12-20-18(24)11-16-13-23-9-10-25-19(23)21-16/h5-10,13,17H,4,11-12H2,1-3H3,(H,20,24). The lowest BCUT2D eigenvalue weighted by molar-refractivity contribution is -0.120. The van der Waals surface area contributed by atoms with Crippen LogP contribution in [-0.2, 0) is 17.6 Å². The fourth-order valence-electron chi connectivity index (χ4n) is 2.87. The first-order valence-electron chi connectivity index (χ1n) is 8.50. The molecule has 1 amide bonds. The van der Waals surface area contributed by atoms with Crippen LogP contribution in [0.2, 0.25) is 0 Å². The monoisotopic (exact) mass is 356 g/mol. The average molecular weight is 356 g/mol. The molecule has 0 aliphatic rings. The molecule has 6 heteroatoms. The lowest BCUT2D eigenvalue weighted by Gasteiger charge is -2.25. The topological polar surface area (TPSA) is 49.6 Å². The maximum absolute atomic E-state index is 12.3. The summed E-state index contributed by atoms with van der Waals surface area (Å²) < 4.78 is 1.95. The largest absolute Gasteiger partial charge is 0.354 e. The van der Waals surface area contributed by atoms with Gasteiger partial charge in [0.2, 0.25) is 5.91 Å². The van der Waals surface area contributed by atoms with Crippen LogP contribution in [0, 0.1) is 0 Å².